The largest absolute Gasteiger partial charge is 0.508 e. The Morgan fingerprint density at radius 2 is 1.94 bits per heavy atom. The van der Waals surface area contributed by atoms with E-state index in [-0.39, 0.29) is 0 Å². The lowest BCUT2D eigenvalue weighted by Crippen LogP contribution is -1.92. The van der Waals surface area contributed by atoms with Gasteiger partial charge in [0.15, 0.2) is 0 Å². The van der Waals surface area contributed by atoms with Gasteiger partial charge in [0.05, 0.1) is 0 Å². The molecule has 2 aromatic rings. The number of aromatic hydroxyl groups is 1. The number of phenols is 1. The highest BCUT2D eigenvalue weighted by Gasteiger charge is 2.03. The molecule has 0 aliphatic rings. The van der Waals surface area contributed by atoms with Gasteiger partial charge in [0.2, 0.25) is 0 Å². The highest BCUT2D eigenvalue weighted by Crippen LogP contribution is 2.30. The molecule has 2 nitrogen and oxygen atoms in total. The summed E-state index contributed by atoms with van der Waals surface area (Å²) in [5.41, 5.74) is 9.05. The van der Waals surface area contributed by atoms with Crippen molar-refractivity contribution in [3.63, 3.8) is 0 Å². The molecule has 0 bridgehead atoms. The van der Waals surface area contributed by atoms with Gasteiger partial charge in [0.1, 0.15) is 5.75 Å². The summed E-state index contributed by atoms with van der Waals surface area (Å²) in [5.74, 6) is 1.11. The van der Waals surface area contributed by atoms with Crippen LogP contribution in [0.4, 0.5) is 5.69 Å². The Morgan fingerprint density at radius 3 is 2.71 bits per heavy atom. The molecule has 0 fully saturated rings. The summed E-state index contributed by atoms with van der Waals surface area (Å²) in [6.07, 6.45) is 0. The van der Waals surface area contributed by atoms with Crippen molar-refractivity contribution in [2.75, 3.05) is 5.73 Å². The number of nitrogens with two attached hydrogens (primary N) is 1. The van der Waals surface area contributed by atoms with Gasteiger partial charge in [-0.05, 0) is 36.2 Å². The highest BCUT2D eigenvalue weighted by molar-refractivity contribution is 7.98. The minimum Gasteiger partial charge on any atom is -0.508 e. The minimum atomic E-state index is 0.306. The monoisotopic (exact) mass is 245 g/mol. The van der Waals surface area contributed by atoms with E-state index in [4.69, 9.17) is 5.73 Å². The summed E-state index contributed by atoms with van der Waals surface area (Å²) in [6.45, 7) is 2.01. The second-order valence-electron chi connectivity index (χ2n) is 3.95. The maximum absolute atomic E-state index is 9.38. The number of aryl methyl sites for hydroxylation is 1. The Morgan fingerprint density at radius 1 is 1.18 bits per heavy atom. The van der Waals surface area contributed by atoms with Crippen LogP contribution in [-0.2, 0) is 5.75 Å². The predicted octanol–water partition coefficient (Wildman–Crippen LogP) is 3.58. The first-order valence-corrected chi connectivity index (χ1v) is 6.41. The molecule has 88 valence electrons. The van der Waals surface area contributed by atoms with Crippen LogP contribution in [0.5, 0.6) is 5.75 Å². The van der Waals surface area contributed by atoms with Crippen molar-refractivity contribution in [1.29, 1.82) is 0 Å². The van der Waals surface area contributed by atoms with Crippen molar-refractivity contribution in [3.05, 3.63) is 53.6 Å². The lowest BCUT2D eigenvalue weighted by molar-refractivity contribution is 0.475. The van der Waals surface area contributed by atoms with E-state index >= 15 is 0 Å². The molecule has 0 aliphatic heterocycles. The Kier molecular flexibility index (Phi) is 3.59. The van der Waals surface area contributed by atoms with Crippen LogP contribution >= 0.6 is 11.8 Å². The van der Waals surface area contributed by atoms with E-state index in [1.807, 2.05) is 37.3 Å². The molecule has 2 aromatic carbocycles. The average Bonchev–Trinajstić information content (AvgIpc) is 2.31. The van der Waals surface area contributed by atoms with E-state index in [1.165, 1.54) is 0 Å². The van der Waals surface area contributed by atoms with Gasteiger partial charge in [-0.15, -0.1) is 11.8 Å². The van der Waals surface area contributed by atoms with Gasteiger partial charge >= 0.3 is 0 Å². The predicted molar refractivity (Wildman–Crippen MR) is 73.3 cm³/mol. The van der Waals surface area contributed by atoms with Crippen molar-refractivity contribution < 1.29 is 5.11 Å². The Balaban J connectivity index is 2.10. The normalized spacial score (nSPS) is 10.4. The molecule has 0 saturated heterocycles. The zero-order valence-electron chi connectivity index (χ0n) is 9.68. The molecule has 0 heterocycles. The van der Waals surface area contributed by atoms with Gasteiger partial charge in [-0.1, -0.05) is 24.3 Å². The number of thioether (sulfide) groups is 1. The van der Waals surface area contributed by atoms with E-state index in [0.717, 1.165) is 27.5 Å². The van der Waals surface area contributed by atoms with Crippen molar-refractivity contribution in [2.24, 2.45) is 0 Å². The number of anilines is 1. The second-order valence-corrected chi connectivity index (χ2v) is 4.96. The van der Waals surface area contributed by atoms with Gasteiger partial charge in [0, 0.05) is 16.3 Å². The summed E-state index contributed by atoms with van der Waals surface area (Å²) >= 11 is 1.69. The molecule has 2 rings (SSSR count). The molecule has 0 unspecified atom stereocenters. The number of rotatable bonds is 3. The van der Waals surface area contributed by atoms with E-state index in [0.29, 0.717) is 5.75 Å². The molecular formula is C14H15NOS. The number of phenolic OH excluding ortho intramolecular Hbond substituents is 1. The van der Waals surface area contributed by atoms with Gasteiger partial charge in [-0.2, -0.15) is 0 Å². The second kappa shape index (κ2) is 5.15. The fourth-order valence-corrected chi connectivity index (χ4v) is 2.58. The third-order valence-corrected chi connectivity index (χ3v) is 3.73. The molecule has 0 aliphatic carbocycles. The van der Waals surface area contributed by atoms with Crippen LogP contribution in [-0.4, -0.2) is 5.11 Å². The number of hydrogen-bond acceptors (Lipinski definition) is 3. The van der Waals surface area contributed by atoms with Crippen LogP contribution in [0.15, 0.2) is 47.4 Å². The summed E-state index contributed by atoms with van der Waals surface area (Å²) < 4.78 is 0. The topological polar surface area (TPSA) is 46.2 Å². The van der Waals surface area contributed by atoms with Crippen molar-refractivity contribution in [3.8, 4) is 5.75 Å². The Bertz CT molecular complexity index is 525. The number of hydrogen-bond donors (Lipinski definition) is 2. The van der Waals surface area contributed by atoms with E-state index in [9.17, 15) is 5.11 Å². The van der Waals surface area contributed by atoms with E-state index in [1.54, 1.807) is 23.9 Å². The smallest absolute Gasteiger partial charge is 0.115 e. The minimum absolute atomic E-state index is 0.306. The molecule has 0 atom stereocenters. The molecule has 17 heavy (non-hydrogen) atoms. The van der Waals surface area contributed by atoms with Crippen molar-refractivity contribution >= 4 is 17.4 Å². The lowest BCUT2D eigenvalue weighted by Gasteiger charge is -2.07. The average molecular weight is 245 g/mol. The summed E-state index contributed by atoms with van der Waals surface area (Å²) in [6, 6.07) is 13.3. The Hall–Kier alpha value is -1.61. The maximum atomic E-state index is 9.38. The SMILES string of the molecule is Cc1cccc(SCc2cccc(O)c2)c1N. The van der Waals surface area contributed by atoms with Gasteiger partial charge < -0.3 is 10.8 Å². The maximum Gasteiger partial charge on any atom is 0.115 e. The van der Waals surface area contributed by atoms with Crippen molar-refractivity contribution in [1.82, 2.24) is 0 Å². The van der Waals surface area contributed by atoms with Crippen LogP contribution in [0, 0.1) is 6.92 Å². The van der Waals surface area contributed by atoms with Gasteiger partial charge in [0.25, 0.3) is 0 Å². The first-order valence-electron chi connectivity index (χ1n) is 5.42. The Labute approximate surface area is 105 Å². The highest BCUT2D eigenvalue weighted by atomic mass is 32.2. The first-order chi connectivity index (χ1) is 8.16. The third-order valence-electron chi connectivity index (χ3n) is 2.59. The van der Waals surface area contributed by atoms with E-state index < -0.39 is 0 Å². The fourth-order valence-electron chi connectivity index (χ4n) is 1.59. The molecule has 0 spiro atoms. The molecule has 0 radical (unpaired) electrons. The van der Waals surface area contributed by atoms with E-state index in [2.05, 4.69) is 0 Å². The zero-order chi connectivity index (χ0) is 12.3. The fraction of sp³-hybridized carbons (Fsp3) is 0.143. The lowest BCUT2D eigenvalue weighted by atomic mass is 10.2. The molecule has 0 saturated carbocycles. The quantitative estimate of drug-likeness (QED) is 0.642. The number of benzene rings is 2. The summed E-state index contributed by atoms with van der Waals surface area (Å²) in [5, 5.41) is 9.38. The zero-order valence-corrected chi connectivity index (χ0v) is 10.5. The summed E-state index contributed by atoms with van der Waals surface area (Å²) in [4.78, 5) is 1.09. The first kappa shape index (κ1) is 11.9. The van der Waals surface area contributed by atoms with Crippen LogP contribution < -0.4 is 5.73 Å². The summed E-state index contributed by atoms with van der Waals surface area (Å²) in [7, 11) is 0. The standard InChI is InChI=1S/C14H15NOS/c1-10-4-2-7-13(14(10)15)17-9-11-5-3-6-12(16)8-11/h2-8,16H,9,15H2,1H3. The van der Waals surface area contributed by atoms with Crippen LogP contribution in [0.25, 0.3) is 0 Å². The molecule has 3 heteroatoms. The molecule has 0 aromatic heterocycles. The molecule has 3 N–H and O–H groups in total. The van der Waals surface area contributed by atoms with Crippen LogP contribution in [0.1, 0.15) is 11.1 Å². The number of nitrogen functional groups attached to an aromatic ring is 1. The van der Waals surface area contributed by atoms with Gasteiger partial charge in [-0.25, -0.2) is 0 Å². The third kappa shape index (κ3) is 2.94. The van der Waals surface area contributed by atoms with Crippen LogP contribution in [0.3, 0.4) is 0 Å². The van der Waals surface area contributed by atoms with Gasteiger partial charge in [-0.3, -0.25) is 0 Å². The molecular weight excluding hydrogens is 230 g/mol. The number of para-hydroxylation sites is 1. The van der Waals surface area contributed by atoms with Crippen molar-refractivity contribution in [2.45, 2.75) is 17.6 Å². The van der Waals surface area contributed by atoms with Crippen LogP contribution in [0.2, 0.25) is 0 Å². The molecule has 0 amide bonds.